The SMILES string of the molecule is CON1CNC(N[N+](=O)[O-])N(Cc2ccc(Cl)nc2)C1. The molecule has 1 aromatic rings. The lowest BCUT2D eigenvalue weighted by Gasteiger charge is -2.38. The monoisotopic (exact) mass is 302 g/mol. The van der Waals surface area contributed by atoms with Crippen molar-refractivity contribution in [2.24, 2.45) is 0 Å². The first-order chi connectivity index (χ1) is 9.58. The number of hydrazine groups is 1. The van der Waals surface area contributed by atoms with Crippen LogP contribution in [0.4, 0.5) is 0 Å². The van der Waals surface area contributed by atoms with E-state index in [1.807, 2.05) is 6.07 Å². The number of hydrogen-bond acceptors (Lipinski definition) is 7. The van der Waals surface area contributed by atoms with Crippen molar-refractivity contribution in [2.45, 2.75) is 12.8 Å². The van der Waals surface area contributed by atoms with Gasteiger partial charge in [-0.25, -0.2) is 20.0 Å². The summed E-state index contributed by atoms with van der Waals surface area (Å²) in [6, 6.07) is 3.50. The fraction of sp³-hybridized carbons (Fsp3) is 0.500. The Morgan fingerprint density at radius 3 is 3.10 bits per heavy atom. The van der Waals surface area contributed by atoms with E-state index < -0.39 is 11.3 Å². The van der Waals surface area contributed by atoms with Crippen molar-refractivity contribution in [2.75, 3.05) is 20.4 Å². The summed E-state index contributed by atoms with van der Waals surface area (Å²) in [5.74, 6) is 0. The molecule has 2 heterocycles. The van der Waals surface area contributed by atoms with E-state index in [1.54, 1.807) is 29.3 Å². The van der Waals surface area contributed by atoms with E-state index in [0.717, 1.165) is 5.56 Å². The van der Waals surface area contributed by atoms with Gasteiger partial charge < -0.3 is 0 Å². The molecule has 1 saturated heterocycles. The minimum absolute atomic E-state index is 0.386. The summed E-state index contributed by atoms with van der Waals surface area (Å²) in [4.78, 5) is 21.5. The number of nitrogens with one attached hydrogen (secondary N) is 2. The van der Waals surface area contributed by atoms with Crippen LogP contribution < -0.4 is 10.7 Å². The van der Waals surface area contributed by atoms with Crippen molar-refractivity contribution in [3.63, 3.8) is 0 Å². The average molecular weight is 303 g/mol. The molecule has 0 bridgehead atoms. The molecule has 0 aromatic carbocycles. The molecule has 1 unspecified atom stereocenters. The summed E-state index contributed by atoms with van der Waals surface area (Å²) in [6.45, 7) is 1.26. The lowest BCUT2D eigenvalue weighted by atomic mass is 10.2. The third-order valence-corrected chi connectivity index (χ3v) is 3.05. The largest absolute Gasteiger partial charge is 0.300 e. The molecule has 1 aliphatic rings. The number of nitro groups is 1. The van der Waals surface area contributed by atoms with Gasteiger partial charge in [0.05, 0.1) is 20.4 Å². The number of aromatic nitrogens is 1. The van der Waals surface area contributed by atoms with Crippen molar-refractivity contribution in [1.82, 2.24) is 25.7 Å². The highest BCUT2D eigenvalue weighted by Crippen LogP contribution is 2.12. The minimum atomic E-state index is -0.591. The zero-order valence-electron chi connectivity index (χ0n) is 10.8. The van der Waals surface area contributed by atoms with E-state index in [9.17, 15) is 10.1 Å². The van der Waals surface area contributed by atoms with Gasteiger partial charge in [0.25, 0.3) is 0 Å². The van der Waals surface area contributed by atoms with Crippen molar-refractivity contribution < 1.29 is 9.87 Å². The molecule has 2 rings (SSSR count). The minimum Gasteiger partial charge on any atom is -0.300 e. The molecule has 1 fully saturated rings. The van der Waals surface area contributed by atoms with Crippen LogP contribution in [-0.2, 0) is 11.4 Å². The quantitative estimate of drug-likeness (QED) is 0.445. The molecule has 0 amide bonds. The Bertz CT molecular complexity index is 459. The van der Waals surface area contributed by atoms with Crippen LogP contribution in [0, 0.1) is 10.1 Å². The highest BCUT2D eigenvalue weighted by atomic mass is 35.5. The molecule has 0 spiro atoms. The topological polar surface area (TPSA) is 95.8 Å². The predicted molar refractivity (Wildman–Crippen MR) is 70.4 cm³/mol. The molecule has 0 aliphatic carbocycles. The van der Waals surface area contributed by atoms with Gasteiger partial charge in [-0.1, -0.05) is 17.7 Å². The van der Waals surface area contributed by atoms with Crippen LogP contribution in [0.15, 0.2) is 18.3 Å². The molecular weight excluding hydrogens is 288 g/mol. The van der Waals surface area contributed by atoms with E-state index in [4.69, 9.17) is 16.4 Å². The van der Waals surface area contributed by atoms with E-state index in [0.29, 0.717) is 25.0 Å². The molecule has 0 saturated carbocycles. The fourth-order valence-electron chi connectivity index (χ4n) is 1.88. The molecule has 10 heteroatoms. The van der Waals surface area contributed by atoms with Crippen LogP contribution in [0.5, 0.6) is 0 Å². The summed E-state index contributed by atoms with van der Waals surface area (Å²) < 4.78 is 0. The fourth-order valence-corrected chi connectivity index (χ4v) is 1.99. The first-order valence-electron chi connectivity index (χ1n) is 5.86. The van der Waals surface area contributed by atoms with Crippen LogP contribution in [0.25, 0.3) is 0 Å². The smallest absolute Gasteiger partial charge is 0.195 e. The molecule has 1 atom stereocenters. The van der Waals surface area contributed by atoms with Crippen molar-refractivity contribution in [3.8, 4) is 0 Å². The van der Waals surface area contributed by atoms with Gasteiger partial charge in [0.1, 0.15) is 5.15 Å². The van der Waals surface area contributed by atoms with Crippen molar-refractivity contribution in [3.05, 3.63) is 39.2 Å². The summed E-state index contributed by atoms with van der Waals surface area (Å²) in [6.07, 6.45) is 1.05. The molecule has 1 aromatic heterocycles. The van der Waals surface area contributed by atoms with Gasteiger partial charge in [0.15, 0.2) is 11.3 Å². The maximum Gasteiger partial charge on any atom is 0.195 e. The Hall–Kier alpha value is -1.52. The van der Waals surface area contributed by atoms with Crippen LogP contribution >= 0.6 is 11.6 Å². The summed E-state index contributed by atoms with van der Waals surface area (Å²) >= 11 is 5.73. The van der Waals surface area contributed by atoms with Gasteiger partial charge in [0, 0.05) is 12.7 Å². The lowest BCUT2D eigenvalue weighted by Crippen LogP contribution is -2.65. The second kappa shape index (κ2) is 6.77. The van der Waals surface area contributed by atoms with E-state index in [-0.39, 0.29) is 0 Å². The number of halogens is 1. The molecule has 2 N–H and O–H groups in total. The summed E-state index contributed by atoms with van der Waals surface area (Å²) in [5.41, 5.74) is 3.11. The standard InChI is InChI=1S/C10H15ClN6O3/c1-20-16-6-13-10(14-17(18)19)15(7-16)5-8-2-3-9(11)12-4-8/h2-4,10,13-14H,5-7H2,1H3. The first-order valence-corrected chi connectivity index (χ1v) is 6.24. The lowest BCUT2D eigenvalue weighted by molar-refractivity contribution is -0.559. The molecular formula is C10H15ClN6O3. The van der Waals surface area contributed by atoms with Crippen LogP contribution in [-0.4, -0.2) is 46.7 Å². The predicted octanol–water partition coefficient (Wildman–Crippen LogP) is -0.0165. The van der Waals surface area contributed by atoms with E-state index >= 15 is 0 Å². The Balaban J connectivity index is 2.05. The van der Waals surface area contributed by atoms with Crippen LogP contribution in [0.1, 0.15) is 5.56 Å². The van der Waals surface area contributed by atoms with E-state index in [2.05, 4.69) is 15.7 Å². The van der Waals surface area contributed by atoms with Crippen LogP contribution in [0.3, 0.4) is 0 Å². The van der Waals surface area contributed by atoms with Crippen LogP contribution in [0.2, 0.25) is 5.15 Å². The second-order valence-corrected chi connectivity index (χ2v) is 4.58. The number of pyridine rings is 1. The Kier molecular flexibility index (Phi) is 5.04. The molecule has 20 heavy (non-hydrogen) atoms. The molecule has 1 aliphatic heterocycles. The Morgan fingerprint density at radius 2 is 2.50 bits per heavy atom. The normalized spacial score (nSPS) is 20.8. The molecule has 0 radical (unpaired) electrons. The number of nitrogens with zero attached hydrogens (tertiary/aromatic N) is 4. The Labute approximate surface area is 120 Å². The maximum atomic E-state index is 10.6. The van der Waals surface area contributed by atoms with Gasteiger partial charge in [-0.15, -0.1) is 5.43 Å². The maximum absolute atomic E-state index is 10.6. The van der Waals surface area contributed by atoms with Gasteiger partial charge in [-0.3, -0.25) is 10.2 Å². The van der Waals surface area contributed by atoms with Gasteiger partial charge in [-0.05, 0) is 11.6 Å². The third-order valence-electron chi connectivity index (χ3n) is 2.83. The summed E-state index contributed by atoms with van der Waals surface area (Å²) in [5, 5.41) is 15.0. The number of rotatable bonds is 5. The molecule has 110 valence electrons. The van der Waals surface area contributed by atoms with E-state index in [1.165, 1.54) is 0 Å². The van der Waals surface area contributed by atoms with Crippen molar-refractivity contribution in [1.29, 1.82) is 0 Å². The zero-order chi connectivity index (χ0) is 14.5. The average Bonchev–Trinajstić information content (AvgIpc) is 2.42. The third kappa shape index (κ3) is 3.99. The highest BCUT2D eigenvalue weighted by Gasteiger charge is 2.29. The first kappa shape index (κ1) is 14.9. The summed E-state index contributed by atoms with van der Waals surface area (Å²) in [7, 11) is 1.55. The van der Waals surface area contributed by atoms with Gasteiger partial charge in [-0.2, -0.15) is 5.06 Å². The number of hydroxylamine groups is 2. The van der Waals surface area contributed by atoms with Crippen molar-refractivity contribution >= 4 is 11.6 Å². The highest BCUT2D eigenvalue weighted by molar-refractivity contribution is 6.29. The van der Waals surface area contributed by atoms with Gasteiger partial charge in [0.2, 0.25) is 0 Å². The second-order valence-electron chi connectivity index (χ2n) is 4.19. The molecule has 9 nitrogen and oxygen atoms in total. The number of hydrogen-bond donors (Lipinski definition) is 2. The Morgan fingerprint density at radius 1 is 1.70 bits per heavy atom. The van der Waals surface area contributed by atoms with Gasteiger partial charge >= 0.3 is 0 Å². The zero-order valence-corrected chi connectivity index (χ0v) is 11.6.